The van der Waals surface area contributed by atoms with Crippen molar-refractivity contribution in [1.82, 2.24) is 0 Å². The van der Waals surface area contributed by atoms with Crippen molar-refractivity contribution in [2.24, 2.45) is 5.73 Å². The van der Waals surface area contributed by atoms with Gasteiger partial charge in [-0.25, -0.2) is 4.79 Å². The van der Waals surface area contributed by atoms with Gasteiger partial charge in [0.2, 0.25) is 0 Å². The number of carbonyl (C=O) groups is 1. The van der Waals surface area contributed by atoms with Crippen molar-refractivity contribution in [1.29, 1.82) is 0 Å². The van der Waals surface area contributed by atoms with Gasteiger partial charge < -0.3 is 15.6 Å². The number of benzene rings is 1. The second-order valence-corrected chi connectivity index (χ2v) is 5.18. The molecule has 21 heavy (non-hydrogen) atoms. The molecule has 0 spiro atoms. The molecule has 0 unspecified atom stereocenters. The summed E-state index contributed by atoms with van der Waals surface area (Å²) in [6.07, 6.45) is 0.575. The summed E-state index contributed by atoms with van der Waals surface area (Å²) in [5.41, 5.74) is 5.05. The van der Waals surface area contributed by atoms with Gasteiger partial charge in [-0.05, 0) is 17.5 Å². The first kappa shape index (κ1) is 15.4. The van der Waals surface area contributed by atoms with E-state index in [2.05, 4.69) is 0 Å². The number of aliphatic hydroxyl groups is 1. The Morgan fingerprint density at radius 3 is 2.95 bits per heavy atom. The topological polar surface area (TPSA) is 116 Å². The van der Waals surface area contributed by atoms with Crippen LogP contribution >= 0.6 is 0 Å². The smallest absolute Gasteiger partial charge is 0.333 e. The molecule has 7 heteroatoms. The van der Waals surface area contributed by atoms with Crippen molar-refractivity contribution in [2.45, 2.75) is 37.8 Å². The average Bonchev–Trinajstić information content (AvgIpc) is 2.71. The fourth-order valence-electron chi connectivity index (χ4n) is 2.46. The molecule has 1 aliphatic carbocycles. The SMILES string of the molecule is CCCCOC(=O)[C@@]1(N)c2cc([N+](=O)[O-])ccc2C[C@@H]1O. The highest BCUT2D eigenvalue weighted by atomic mass is 16.6. The number of non-ortho nitro benzene ring substituents is 1. The number of carbonyl (C=O) groups excluding carboxylic acids is 1. The van der Waals surface area contributed by atoms with Crippen molar-refractivity contribution in [3.05, 3.63) is 39.4 Å². The number of nitro groups is 1. The number of ether oxygens (including phenoxy) is 1. The van der Waals surface area contributed by atoms with Crippen LogP contribution in [0.1, 0.15) is 30.9 Å². The summed E-state index contributed by atoms with van der Waals surface area (Å²) in [6.45, 7) is 2.17. The molecule has 1 aromatic rings. The van der Waals surface area contributed by atoms with Gasteiger partial charge in [-0.2, -0.15) is 0 Å². The molecule has 2 rings (SSSR count). The van der Waals surface area contributed by atoms with E-state index in [1.807, 2.05) is 6.92 Å². The summed E-state index contributed by atoms with van der Waals surface area (Å²) in [5, 5.41) is 21.0. The molecule has 1 aromatic carbocycles. The summed E-state index contributed by atoms with van der Waals surface area (Å²) >= 11 is 0. The monoisotopic (exact) mass is 294 g/mol. The molecule has 7 nitrogen and oxygen atoms in total. The van der Waals surface area contributed by atoms with E-state index < -0.39 is 22.5 Å². The van der Waals surface area contributed by atoms with Gasteiger partial charge in [0.25, 0.3) is 5.69 Å². The Hall–Kier alpha value is -1.99. The van der Waals surface area contributed by atoms with Crippen molar-refractivity contribution in [3.8, 4) is 0 Å². The lowest BCUT2D eigenvalue weighted by Crippen LogP contribution is -2.52. The van der Waals surface area contributed by atoms with Crippen LogP contribution in [0, 0.1) is 10.1 Å². The number of hydrogen-bond acceptors (Lipinski definition) is 6. The molecule has 0 bridgehead atoms. The molecule has 0 fully saturated rings. The van der Waals surface area contributed by atoms with Crippen molar-refractivity contribution in [3.63, 3.8) is 0 Å². The number of nitrogens with two attached hydrogens (primary N) is 1. The number of fused-ring (bicyclic) bond motifs is 1. The summed E-state index contributed by atoms with van der Waals surface area (Å²) < 4.78 is 5.10. The zero-order chi connectivity index (χ0) is 15.6. The lowest BCUT2D eigenvalue weighted by atomic mass is 9.91. The molecule has 0 aromatic heterocycles. The van der Waals surface area contributed by atoms with Gasteiger partial charge in [0.1, 0.15) is 0 Å². The molecule has 0 heterocycles. The minimum absolute atomic E-state index is 0.168. The largest absolute Gasteiger partial charge is 0.464 e. The fourth-order valence-corrected chi connectivity index (χ4v) is 2.46. The number of esters is 1. The molecular formula is C14H18N2O5. The van der Waals surface area contributed by atoms with Gasteiger partial charge in [-0.15, -0.1) is 0 Å². The van der Waals surface area contributed by atoms with Gasteiger partial charge in [-0.1, -0.05) is 19.4 Å². The molecule has 3 N–H and O–H groups in total. The molecule has 0 aliphatic heterocycles. The van der Waals surface area contributed by atoms with E-state index in [9.17, 15) is 20.0 Å². The first-order chi connectivity index (χ1) is 9.91. The molecule has 0 radical (unpaired) electrons. The second-order valence-electron chi connectivity index (χ2n) is 5.18. The Bertz CT molecular complexity index is 574. The third-order valence-corrected chi connectivity index (χ3v) is 3.76. The molecule has 0 amide bonds. The first-order valence-electron chi connectivity index (χ1n) is 6.83. The van der Waals surface area contributed by atoms with Crippen molar-refractivity contribution >= 4 is 11.7 Å². The second kappa shape index (κ2) is 5.79. The molecule has 114 valence electrons. The fraction of sp³-hybridized carbons (Fsp3) is 0.500. The number of aliphatic hydroxyl groups excluding tert-OH is 1. The summed E-state index contributed by atoms with van der Waals surface area (Å²) in [5.74, 6) is -0.748. The van der Waals surface area contributed by atoms with Gasteiger partial charge in [0.15, 0.2) is 5.54 Å². The summed E-state index contributed by atoms with van der Waals surface area (Å²) in [6, 6.07) is 4.09. The average molecular weight is 294 g/mol. The minimum Gasteiger partial charge on any atom is -0.464 e. The predicted octanol–water partition coefficient (Wildman–Crippen LogP) is 1.01. The Morgan fingerprint density at radius 1 is 1.62 bits per heavy atom. The van der Waals surface area contributed by atoms with E-state index in [0.717, 1.165) is 6.42 Å². The Kier molecular flexibility index (Phi) is 4.24. The zero-order valence-electron chi connectivity index (χ0n) is 11.7. The predicted molar refractivity (Wildman–Crippen MR) is 74.5 cm³/mol. The van der Waals surface area contributed by atoms with Crippen LogP contribution in [0.15, 0.2) is 18.2 Å². The van der Waals surface area contributed by atoms with Crippen LogP contribution in [0.5, 0.6) is 0 Å². The third kappa shape index (κ3) is 2.62. The zero-order valence-corrected chi connectivity index (χ0v) is 11.7. The molecule has 0 saturated heterocycles. The Labute approximate surface area is 121 Å². The summed E-state index contributed by atoms with van der Waals surface area (Å²) in [7, 11) is 0. The van der Waals surface area contributed by atoms with E-state index in [-0.39, 0.29) is 24.3 Å². The number of unbranched alkanes of at least 4 members (excludes halogenated alkanes) is 1. The summed E-state index contributed by atoms with van der Waals surface area (Å²) in [4.78, 5) is 22.5. The lowest BCUT2D eigenvalue weighted by molar-refractivity contribution is -0.385. The van der Waals surface area contributed by atoms with Gasteiger partial charge in [0.05, 0.1) is 17.6 Å². The highest BCUT2D eigenvalue weighted by Crippen LogP contribution is 2.38. The Balaban J connectivity index is 2.34. The molecule has 2 atom stereocenters. The van der Waals surface area contributed by atoms with Gasteiger partial charge in [0, 0.05) is 18.6 Å². The van der Waals surface area contributed by atoms with E-state index in [0.29, 0.717) is 12.0 Å². The van der Waals surface area contributed by atoms with Crippen LogP contribution in [0.2, 0.25) is 0 Å². The molecular weight excluding hydrogens is 276 g/mol. The third-order valence-electron chi connectivity index (χ3n) is 3.76. The van der Waals surface area contributed by atoms with E-state index in [1.54, 1.807) is 0 Å². The maximum atomic E-state index is 12.2. The van der Waals surface area contributed by atoms with Gasteiger partial charge in [-0.3, -0.25) is 10.1 Å². The minimum atomic E-state index is -1.74. The van der Waals surface area contributed by atoms with Crippen LogP contribution in [-0.2, 0) is 21.5 Å². The van der Waals surface area contributed by atoms with Crippen LogP contribution in [-0.4, -0.2) is 28.7 Å². The normalized spacial score (nSPS) is 23.7. The first-order valence-corrected chi connectivity index (χ1v) is 6.83. The van der Waals surface area contributed by atoms with Crippen LogP contribution in [0.25, 0.3) is 0 Å². The maximum Gasteiger partial charge on any atom is 0.333 e. The number of nitrogens with zero attached hydrogens (tertiary/aromatic N) is 1. The highest BCUT2D eigenvalue weighted by molar-refractivity contribution is 5.85. The van der Waals surface area contributed by atoms with Crippen LogP contribution < -0.4 is 5.73 Å². The quantitative estimate of drug-likeness (QED) is 0.362. The van der Waals surface area contributed by atoms with E-state index >= 15 is 0 Å². The van der Waals surface area contributed by atoms with Crippen LogP contribution in [0.4, 0.5) is 5.69 Å². The number of nitro benzene ring substituents is 1. The molecule has 1 aliphatic rings. The van der Waals surface area contributed by atoms with E-state index in [1.165, 1.54) is 18.2 Å². The highest BCUT2D eigenvalue weighted by Gasteiger charge is 2.51. The van der Waals surface area contributed by atoms with Crippen LogP contribution in [0.3, 0.4) is 0 Å². The standard InChI is InChI=1S/C14H18N2O5/c1-2-3-6-21-13(18)14(15)11-8-10(16(19)20)5-4-9(11)7-12(14)17/h4-5,8,12,17H,2-3,6-7,15H2,1H3/t12-,14+/m0/s1. The number of rotatable bonds is 5. The van der Waals surface area contributed by atoms with Gasteiger partial charge >= 0.3 is 5.97 Å². The molecule has 0 saturated carbocycles. The Morgan fingerprint density at radius 2 is 2.33 bits per heavy atom. The van der Waals surface area contributed by atoms with E-state index in [4.69, 9.17) is 10.5 Å². The number of hydrogen-bond donors (Lipinski definition) is 2. The maximum absolute atomic E-state index is 12.2. The lowest BCUT2D eigenvalue weighted by Gasteiger charge is -2.26. The van der Waals surface area contributed by atoms with Crippen molar-refractivity contribution < 1.29 is 19.6 Å². The van der Waals surface area contributed by atoms with Crippen molar-refractivity contribution in [2.75, 3.05) is 6.61 Å².